The maximum absolute atomic E-state index is 13.9. The molecule has 0 aliphatic rings. The van der Waals surface area contributed by atoms with Gasteiger partial charge in [-0.3, -0.25) is 4.79 Å². The molecule has 2 aromatic carbocycles. The first-order valence-corrected chi connectivity index (χ1v) is 8.50. The lowest BCUT2D eigenvalue weighted by atomic mass is 9.92. The number of pyridine rings is 1. The first kappa shape index (κ1) is 18.2. The van der Waals surface area contributed by atoms with Crippen LogP contribution in [0.1, 0.15) is 34.7 Å². The lowest BCUT2D eigenvalue weighted by Crippen LogP contribution is -2.27. The van der Waals surface area contributed by atoms with Gasteiger partial charge < -0.3 is 4.57 Å². The van der Waals surface area contributed by atoms with Gasteiger partial charge in [0.05, 0.1) is 11.1 Å². The minimum Gasteiger partial charge on any atom is -0.311 e. The molecule has 0 unspecified atom stereocenters. The summed E-state index contributed by atoms with van der Waals surface area (Å²) < 4.78 is 43.0. The number of fused-ring (bicyclic) bond motifs is 1. The van der Waals surface area contributed by atoms with Crippen LogP contribution in [0.5, 0.6) is 0 Å². The van der Waals surface area contributed by atoms with Crippen molar-refractivity contribution < 1.29 is 13.2 Å². The van der Waals surface area contributed by atoms with Crippen LogP contribution in [-0.2, 0) is 26.1 Å². The molecular formula is C21H20F3NO. The average molecular weight is 359 g/mol. The van der Waals surface area contributed by atoms with Crippen molar-refractivity contribution in [3.63, 3.8) is 0 Å². The summed E-state index contributed by atoms with van der Waals surface area (Å²) in [5.41, 5.74) is 1.46. The molecule has 0 bridgehead atoms. The minimum absolute atomic E-state index is 0.0306. The van der Waals surface area contributed by atoms with Crippen LogP contribution >= 0.6 is 0 Å². The Morgan fingerprint density at radius 3 is 2.35 bits per heavy atom. The largest absolute Gasteiger partial charge is 0.417 e. The molecule has 136 valence electrons. The van der Waals surface area contributed by atoms with Gasteiger partial charge in [0.1, 0.15) is 0 Å². The summed E-state index contributed by atoms with van der Waals surface area (Å²) in [5, 5.41) is 0.0581. The Balaban J connectivity index is 2.35. The molecule has 1 aromatic heterocycles. The van der Waals surface area contributed by atoms with E-state index in [1.807, 2.05) is 26.0 Å². The van der Waals surface area contributed by atoms with Crippen molar-refractivity contribution in [1.29, 1.82) is 0 Å². The van der Waals surface area contributed by atoms with Crippen molar-refractivity contribution in [2.24, 2.45) is 7.05 Å². The molecule has 0 spiro atoms. The third-order valence-corrected chi connectivity index (χ3v) is 4.91. The molecule has 0 saturated heterocycles. The van der Waals surface area contributed by atoms with E-state index >= 15 is 0 Å². The van der Waals surface area contributed by atoms with Crippen LogP contribution in [0, 0.1) is 6.92 Å². The molecule has 0 atom stereocenters. The molecule has 3 aromatic rings. The number of benzene rings is 2. The normalized spacial score (nSPS) is 11.9. The second kappa shape index (κ2) is 6.63. The van der Waals surface area contributed by atoms with Crippen molar-refractivity contribution in [2.45, 2.75) is 32.9 Å². The molecule has 3 rings (SSSR count). The van der Waals surface area contributed by atoms with Crippen LogP contribution in [0.3, 0.4) is 0 Å². The summed E-state index contributed by atoms with van der Waals surface area (Å²) in [4.78, 5) is 12.8. The van der Waals surface area contributed by atoms with E-state index in [1.165, 1.54) is 17.7 Å². The van der Waals surface area contributed by atoms with Crippen LogP contribution in [0.15, 0.2) is 47.3 Å². The molecular weight excluding hydrogens is 339 g/mol. The molecule has 5 heteroatoms. The molecule has 0 saturated carbocycles. The Labute approximate surface area is 149 Å². The maximum Gasteiger partial charge on any atom is 0.417 e. The molecule has 2 nitrogen and oxygen atoms in total. The van der Waals surface area contributed by atoms with Gasteiger partial charge >= 0.3 is 6.18 Å². The van der Waals surface area contributed by atoms with Gasteiger partial charge in [-0.25, -0.2) is 0 Å². The number of rotatable bonds is 3. The minimum atomic E-state index is -4.60. The van der Waals surface area contributed by atoms with E-state index in [4.69, 9.17) is 0 Å². The van der Waals surface area contributed by atoms with E-state index < -0.39 is 17.3 Å². The molecule has 0 aliphatic carbocycles. The van der Waals surface area contributed by atoms with Gasteiger partial charge in [-0.15, -0.1) is 0 Å². The fraction of sp³-hybridized carbons (Fsp3) is 0.286. The van der Waals surface area contributed by atoms with Gasteiger partial charge in [0.2, 0.25) is 0 Å². The monoisotopic (exact) mass is 359 g/mol. The molecule has 0 amide bonds. The third kappa shape index (κ3) is 3.02. The summed E-state index contributed by atoms with van der Waals surface area (Å²) in [6, 6.07) is 11.7. The average Bonchev–Trinajstić information content (AvgIpc) is 2.58. The van der Waals surface area contributed by atoms with Gasteiger partial charge in [-0.05, 0) is 36.1 Å². The predicted octanol–water partition coefficient (Wildman–Crippen LogP) is 5.02. The number of hydrogen-bond acceptors (Lipinski definition) is 1. The molecule has 0 aliphatic heterocycles. The van der Waals surface area contributed by atoms with Crippen molar-refractivity contribution >= 4 is 10.9 Å². The van der Waals surface area contributed by atoms with E-state index in [0.717, 1.165) is 16.7 Å². The Hall–Kier alpha value is -2.56. The lowest BCUT2D eigenvalue weighted by molar-refractivity contribution is -0.137. The molecule has 1 heterocycles. The fourth-order valence-corrected chi connectivity index (χ4v) is 3.67. The van der Waals surface area contributed by atoms with Gasteiger partial charge in [0, 0.05) is 24.4 Å². The van der Waals surface area contributed by atoms with Crippen LogP contribution in [0.25, 0.3) is 10.9 Å². The number of aryl methyl sites for hydroxylation is 2. The predicted molar refractivity (Wildman–Crippen MR) is 97.6 cm³/mol. The molecule has 0 fully saturated rings. The zero-order valence-corrected chi connectivity index (χ0v) is 14.9. The van der Waals surface area contributed by atoms with Crippen molar-refractivity contribution in [1.82, 2.24) is 4.57 Å². The van der Waals surface area contributed by atoms with Gasteiger partial charge in [0.15, 0.2) is 0 Å². The quantitative estimate of drug-likeness (QED) is 0.644. The summed E-state index contributed by atoms with van der Waals surface area (Å²) in [6.45, 7) is 3.90. The number of hydrogen-bond donors (Lipinski definition) is 0. The van der Waals surface area contributed by atoms with Gasteiger partial charge in [-0.1, -0.05) is 43.3 Å². The fourth-order valence-electron chi connectivity index (χ4n) is 3.67. The smallest absolute Gasteiger partial charge is 0.311 e. The number of alkyl halides is 3. The summed E-state index contributed by atoms with van der Waals surface area (Å²) >= 11 is 0. The highest BCUT2D eigenvalue weighted by Gasteiger charge is 2.37. The molecule has 26 heavy (non-hydrogen) atoms. The Morgan fingerprint density at radius 1 is 1.00 bits per heavy atom. The number of halogens is 3. The Bertz CT molecular complexity index is 1030. The van der Waals surface area contributed by atoms with Crippen LogP contribution in [0.2, 0.25) is 0 Å². The van der Waals surface area contributed by atoms with Crippen LogP contribution < -0.4 is 5.56 Å². The summed E-state index contributed by atoms with van der Waals surface area (Å²) in [6.07, 6.45) is -3.92. The van der Waals surface area contributed by atoms with E-state index in [0.29, 0.717) is 6.42 Å². The van der Waals surface area contributed by atoms with E-state index in [1.54, 1.807) is 24.3 Å². The Kier molecular flexibility index (Phi) is 4.65. The second-order valence-corrected chi connectivity index (χ2v) is 6.48. The van der Waals surface area contributed by atoms with E-state index in [2.05, 4.69) is 0 Å². The van der Waals surface area contributed by atoms with Crippen molar-refractivity contribution in [3.05, 3.63) is 80.6 Å². The van der Waals surface area contributed by atoms with Gasteiger partial charge in [0.25, 0.3) is 5.56 Å². The third-order valence-electron chi connectivity index (χ3n) is 4.91. The van der Waals surface area contributed by atoms with Crippen LogP contribution in [0.4, 0.5) is 13.2 Å². The summed E-state index contributed by atoms with van der Waals surface area (Å²) in [7, 11) is 1.52. The zero-order valence-electron chi connectivity index (χ0n) is 14.9. The number of para-hydroxylation sites is 1. The van der Waals surface area contributed by atoms with Crippen molar-refractivity contribution in [3.8, 4) is 0 Å². The Morgan fingerprint density at radius 2 is 1.69 bits per heavy atom. The van der Waals surface area contributed by atoms with Crippen molar-refractivity contribution in [2.75, 3.05) is 0 Å². The highest BCUT2D eigenvalue weighted by molar-refractivity contribution is 5.84. The number of aromatic nitrogens is 1. The van der Waals surface area contributed by atoms with Gasteiger partial charge in [-0.2, -0.15) is 13.2 Å². The first-order chi connectivity index (χ1) is 12.3. The summed E-state index contributed by atoms with van der Waals surface area (Å²) in [5.74, 6) is 0. The maximum atomic E-state index is 13.9. The highest BCUT2D eigenvalue weighted by atomic mass is 19.4. The lowest BCUT2D eigenvalue weighted by Gasteiger charge is -2.19. The standard InChI is InChI=1S/C21H20F3NO/c1-4-15-13(2)8-7-9-14(15)12-17-19(21(22,23)24)16-10-5-6-11-18(16)25(3)20(17)26/h5-11H,4,12H2,1-3H3. The highest BCUT2D eigenvalue weighted by Crippen LogP contribution is 2.37. The number of nitrogens with zero attached hydrogens (tertiary/aromatic N) is 1. The molecule has 0 radical (unpaired) electrons. The van der Waals surface area contributed by atoms with E-state index in [-0.39, 0.29) is 22.9 Å². The molecule has 0 N–H and O–H groups in total. The SMILES string of the molecule is CCc1c(C)cccc1Cc1c(C(F)(F)F)c2ccccc2n(C)c1=O. The zero-order chi connectivity index (χ0) is 19.1. The first-order valence-electron chi connectivity index (χ1n) is 8.50. The topological polar surface area (TPSA) is 22.0 Å². The van der Waals surface area contributed by atoms with Crippen LogP contribution in [-0.4, -0.2) is 4.57 Å². The second-order valence-electron chi connectivity index (χ2n) is 6.48. The van der Waals surface area contributed by atoms with E-state index in [9.17, 15) is 18.0 Å².